The van der Waals surface area contributed by atoms with Gasteiger partial charge in [0, 0.05) is 12.0 Å². The van der Waals surface area contributed by atoms with Crippen LogP contribution in [-0.4, -0.2) is 55.7 Å². The number of urea groups is 1. The Balaban J connectivity index is 1.69. The summed E-state index contributed by atoms with van der Waals surface area (Å²) in [6.45, 7) is 1.89. The van der Waals surface area contributed by atoms with Crippen LogP contribution in [0.2, 0.25) is 0 Å². The summed E-state index contributed by atoms with van der Waals surface area (Å²) < 4.78 is 6.68. The van der Waals surface area contributed by atoms with Gasteiger partial charge in [0.05, 0.1) is 29.9 Å². The smallest absolute Gasteiger partial charge is 0.324 e. The number of carbonyl (C=O) groups is 1. The molecule has 1 aromatic heterocycles. The van der Waals surface area contributed by atoms with Crippen molar-refractivity contribution in [3.05, 3.63) is 17.7 Å². The van der Waals surface area contributed by atoms with Gasteiger partial charge in [0.2, 0.25) is 0 Å². The summed E-state index contributed by atoms with van der Waals surface area (Å²) in [4.78, 5) is 20.7. The molecule has 1 atom stereocenters. The third kappa shape index (κ3) is 2.58. The van der Waals surface area contributed by atoms with Crippen molar-refractivity contribution in [2.45, 2.75) is 12.5 Å². The standard InChI is InChI=1S/C17H18N4O2S/c1-20(2)8-3-4-11-10-18-16(22)21(11)17-19-15-12-7-9-23-13(12)5-6-14(15)24-17/h5-6,11H,7-10H2,1-2H3,(H,18,22). The fourth-order valence-corrected chi connectivity index (χ4v) is 3.96. The Kier molecular flexibility index (Phi) is 3.79. The van der Waals surface area contributed by atoms with Gasteiger partial charge in [0.15, 0.2) is 5.13 Å². The molecule has 24 heavy (non-hydrogen) atoms. The lowest BCUT2D eigenvalue weighted by molar-refractivity contribution is 0.252. The van der Waals surface area contributed by atoms with Gasteiger partial charge in [-0.2, -0.15) is 0 Å². The number of thiazole rings is 1. The van der Waals surface area contributed by atoms with E-state index in [-0.39, 0.29) is 12.1 Å². The second-order valence-electron chi connectivity index (χ2n) is 6.11. The summed E-state index contributed by atoms with van der Waals surface area (Å²) >= 11 is 1.53. The number of benzene rings is 1. The number of aromatic nitrogens is 1. The third-order valence-corrected chi connectivity index (χ3v) is 5.09. The van der Waals surface area contributed by atoms with Crippen LogP contribution < -0.4 is 15.0 Å². The first-order chi connectivity index (χ1) is 11.6. The van der Waals surface area contributed by atoms with E-state index in [9.17, 15) is 4.79 Å². The summed E-state index contributed by atoms with van der Waals surface area (Å²) in [6, 6.07) is 3.69. The highest BCUT2D eigenvalue weighted by Crippen LogP contribution is 2.38. The van der Waals surface area contributed by atoms with Crippen molar-refractivity contribution >= 4 is 32.7 Å². The van der Waals surface area contributed by atoms with E-state index >= 15 is 0 Å². The number of rotatable bonds is 2. The second-order valence-corrected chi connectivity index (χ2v) is 7.12. The van der Waals surface area contributed by atoms with Crippen LogP contribution in [0.1, 0.15) is 5.56 Å². The molecule has 2 aliphatic rings. The van der Waals surface area contributed by atoms with E-state index in [1.807, 2.05) is 31.1 Å². The molecule has 1 saturated heterocycles. The number of anilines is 1. The molecule has 124 valence electrons. The molecule has 2 aromatic rings. The third-order valence-electron chi connectivity index (χ3n) is 4.07. The molecule has 0 aliphatic carbocycles. The predicted octanol–water partition coefficient (Wildman–Crippen LogP) is 1.69. The van der Waals surface area contributed by atoms with Gasteiger partial charge in [-0.25, -0.2) is 9.78 Å². The van der Waals surface area contributed by atoms with Crippen molar-refractivity contribution in [3.8, 4) is 17.6 Å². The first-order valence-corrected chi connectivity index (χ1v) is 8.70. The lowest BCUT2D eigenvalue weighted by Crippen LogP contribution is -2.33. The Morgan fingerprint density at radius 1 is 1.50 bits per heavy atom. The summed E-state index contributed by atoms with van der Waals surface area (Å²) in [7, 11) is 3.95. The van der Waals surface area contributed by atoms with Crippen molar-refractivity contribution in [1.82, 2.24) is 15.2 Å². The second kappa shape index (κ2) is 5.96. The molecule has 4 rings (SSSR count). The summed E-state index contributed by atoms with van der Waals surface area (Å²) in [5.41, 5.74) is 2.09. The Bertz CT molecular complexity index is 865. The van der Waals surface area contributed by atoms with Crippen molar-refractivity contribution < 1.29 is 9.53 Å². The zero-order valence-electron chi connectivity index (χ0n) is 13.6. The lowest BCUT2D eigenvalue weighted by atomic mass is 10.1. The number of hydrogen-bond acceptors (Lipinski definition) is 5. The molecule has 2 amide bonds. The minimum absolute atomic E-state index is 0.133. The number of ether oxygens (including phenoxy) is 1. The quantitative estimate of drug-likeness (QED) is 0.844. The van der Waals surface area contributed by atoms with Crippen molar-refractivity contribution in [2.24, 2.45) is 0 Å². The lowest BCUT2D eigenvalue weighted by Gasteiger charge is -2.15. The van der Waals surface area contributed by atoms with E-state index in [1.54, 1.807) is 4.90 Å². The average molecular weight is 342 g/mol. The number of fused-ring (bicyclic) bond motifs is 3. The van der Waals surface area contributed by atoms with Crippen LogP contribution in [0.5, 0.6) is 5.75 Å². The van der Waals surface area contributed by atoms with E-state index in [0.29, 0.717) is 24.8 Å². The van der Waals surface area contributed by atoms with Crippen LogP contribution in [0.15, 0.2) is 12.1 Å². The fraction of sp³-hybridized carbons (Fsp3) is 0.412. The number of carbonyl (C=O) groups excluding carboxylic acids is 1. The molecule has 0 bridgehead atoms. The van der Waals surface area contributed by atoms with Gasteiger partial charge in [-0.15, -0.1) is 0 Å². The number of amides is 2. The molecular weight excluding hydrogens is 324 g/mol. The van der Waals surface area contributed by atoms with Crippen LogP contribution >= 0.6 is 11.3 Å². The molecule has 3 heterocycles. The fourth-order valence-electron chi connectivity index (χ4n) is 2.92. The van der Waals surface area contributed by atoms with Gasteiger partial charge in [-0.3, -0.25) is 9.80 Å². The van der Waals surface area contributed by atoms with Crippen LogP contribution in [-0.2, 0) is 6.42 Å². The zero-order valence-corrected chi connectivity index (χ0v) is 14.4. The Morgan fingerprint density at radius 3 is 3.21 bits per heavy atom. The van der Waals surface area contributed by atoms with Gasteiger partial charge >= 0.3 is 6.03 Å². The van der Waals surface area contributed by atoms with Gasteiger partial charge in [-0.05, 0) is 26.2 Å². The SMILES string of the molecule is CN(C)CC#CC1CNC(=O)N1c1nc2c3c(ccc2s1)OCC3. The first kappa shape index (κ1) is 15.2. The van der Waals surface area contributed by atoms with Gasteiger partial charge in [0.1, 0.15) is 11.8 Å². The van der Waals surface area contributed by atoms with Gasteiger partial charge in [-0.1, -0.05) is 23.2 Å². The number of hydrogen-bond donors (Lipinski definition) is 1. The van der Waals surface area contributed by atoms with Gasteiger partial charge in [0.25, 0.3) is 0 Å². The van der Waals surface area contributed by atoms with Crippen LogP contribution in [0.3, 0.4) is 0 Å². The summed E-state index contributed by atoms with van der Waals surface area (Å²) in [5.74, 6) is 7.21. The first-order valence-electron chi connectivity index (χ1n) is 7.89. The van der Waals surface area contributed by atoms with Crippen molar-refractivity contribution in [3.63, 3.8) is 0 Å². The molecule has 7 heteroatoms. The molecule has 0 spiro atoms. The highest BCUT2D eigenvalue weighted by Gasteiger charge is 2.33. The number of nitrogens with zero attached hydrogens (tertiary/aromatic N) is 3. The molecule has 2 aliphatic heterocycles. The van der Waals surface area contributed by atoms with E-state index in [2.05, 4.69) is 17.2 Å². The molecule has 1 aromatic carbocycles. The van der Waals surface area contributed by atoms with Crippen LogP contribution in [0.25, 0.3) is 10.2 Å². The maximum absolute atomic E-state index is 12.3. The molecule has 1 fully saturated rings. The Labute approximate surface area is 144 Å². The van der Waals surface area contributed by atoms with E-state index < -0.39 is 0 Å². The van der Waals surface area contributed by atoms with E-state index in [4.69, 9.17) is 9.72 Å². The highest BCUT2D eigenvalue weighted by atomic mass is 32.1. The maximum Gasteiger partial charge on any atom is 0.324 e. The summed E-state index contributed by atoms with van der Waals surface area (Å²) in [5, 5.41) is 3.56. The number of nitrogens with one attached hydrogen (secondary N) is 1. The minimum Gasteiger partial charge on any atom is -0.493 e. The van der Waals surface area contributed by atoms with E-state index in [1.165, 1.54) is 11.3 Å². The molecule has 6 nitrogen and oxygen atoms in total. The molecule has 1 unspecified atom stereocenters. The van der Waals surface area contributed by atoms with Crippen LogP contribution in [0, 0.1) is 11.8 Å². The van der Waals surface area contributed by atoms with Gasteiger partial charge < -0.3 is 10.1 Å². The average Bonchev–Trinajstić information content (AvgIpc) is 3.23. The zero-order chi connectivity index (χ0) is 16.7. The van der Waals surface area contributed by atoms with Crippen molar-refractivity contribution in [1.29, 1.82) is 0 Å². The molecule has 0 saturated carbocycles. The Hall–Kier alpha value is -2.30. The monoisotopic (exact) mass is 342 g/mol. The predicted molar refractivity (Wildman–Crippen MR) is 94.8 cm³/mol. The maximum atomic E-state index is 12.3. The topological polar surface area (TPSA) is 57.7 Å². The Morgan fingerprint density at radius 2 is 2.38 bits per heavy atom. The van der Waals surface area contributed by atoms with E-state index in [0.717, 1.165) is 28.0 Å². The van der Waals surface area contributed by atoms with Crippen molar-refractivity contribution in [2.75, 3.05) is 38.7 Å². The molecular formula is C17H18N4O2S. The molecule has 0 radical (unpaired) electrons. The van der Waals surface area contributed by atoms with Crippen LogP contribution in [0.4, 0.5) is 9.93 Å². The minimum atomic E-state index is -0.178. The molecule has 1 N–H and O–H groups in total. The summed E-state index contributed by atoms with van der Waals surface area (Å²) in [6.07, 6.45) is 0.869. The normalized spacial score (nSPS) is 19.2. The highest BCUT2D eigenvalue weighted by molar-refractivity contribution is 7.22. The largest absolute Gasteiger partial charge is 0.493 e.